The predicted octanol–water partition coefficient (Wildman–Crippen LogP) is 3.89. The van der Waals surface area contributed by atoms with Gasteiger partial charge in [-0.2, -0.15) is 0 Å². The molecule has 0 spiro atoms. The van der Waals surface area contributed by atoms with E-state index in [4.69, 9.17) is 11.6 Å². The summed E-state index contributed by atoms with van der Waals surface area (Å²) in [5.41, 5.74) is 1.53. The molecule has 2 heterocycles. The molecule has 0 aliphatic carbocycles. The average molecular weight is 312 g/mol. The van der Waals surface area contributed by atoms with Crippen LogP contribution in [0.2, 0.25) is 0 Å². The Hall–Kier alpha value is -2.08. The highest BCUT2D eigenvalue weighted by atomic mass is 35.5. The van der Waals surface area contributed by atoms with Crippen molar-refractivity contribution in [2.24, 2.45) is 0 Å². The summed E-state index contributed by atoms with van der Waals surface area (Å²) in [5, 5.41) is 0. The summed E-state index contributed by atoms with van der Waals surface area (Å²) in [4.78, 5) is 8.43. The van der Waals surface area contributed by atoms with E-state index in [9.17, 15) is 13.2 Å². The molecule has 108 valence electrons. The lowest BCUT2D eigenvalue weighted by atomic mass is 10.2. The van der Waals surface area contributed by atoms with E-state index in [2.05, 4.69) is 9.97 Å². The van der Waals surface area contributed by atoms with Crippen molar-refractivity contribution in [3.05, 3.63) is 53.2 Å². The Bertz CT molecular complexity index is 845. The molecular formula is C14H9ClF3N3. The van der Waals surface area contributed by atoms with E-state index >= 15 is 0 Å². The van der Waals surface area contributed by atoms with E-state index in [1.54, 1.807) is 6.07 Å². The van der Waals surface area contributed by atoms with Gasteiger partial charge in [0.15, 0.2) is 17.3 Å². The second-order valence-electron chi connectivity index (χ2n) is 4.51. The van der Waals surface area contributed by atoms with E-state index in [-0.39, 0.29) is 11.6 Å². The van der Waals surface area contributed by atoms with Crippen LogP contribution in [0.25, 0.3) is 16.9 Å². The van der Waals surface area contributed by atoms with Gasteiger partial charge in [0.25, 0.3) is 0 Å². The summed E-state index contributed by atoms with van der Waals surface area (Å²) in [6.07, 6.45) is 1.53. The number of hydrogen-bond acceptors (Lipinski definition) is 2. The number of fused-ring (bicyclic) bond motifs is 1. The number of rotatable bonds is 2. The molecule has 21 heavy (non-hydrogen) atoms. The highest BCUT2D eigenvalue weighted by Gasteiger charge is 2.19. The van der Waals surface area contributed by atoms with Crippen LogP contribution in [0.15, 0.2) is 24.4 Å². The first-order chi connectivity index (χ1) is 10.0. The van der Waals surface area contributed by atoms with Crippen molar-refractivity contribution in [2.75, 3.05) is 0 Å². The molecule has 1 aromatic carbocycles. The Kier molecular flexibility index (Phi) is 3.33. The third-order valence-corrected chi connectivity index (χ3v) is 3.41. The average Bonchev–Trinajstić information content (AvgIpc) is 2.83. The normalized spacial score (nSPS) is 11.3. The molecule has 0 atom stereocenters. The van der Waals surface area contributed by atoms with E-state index in [1.165, 1.54) is 10.8 Å². The van der Waals surface area contributed by atoms with Gasteiger partial charge in [0.05, 0.1) is 11.6 Å². The molecule has 3 aromatic rings. The second-order valence-corrected chi connectivity index (χ2v) is 4.78. The molecule has 0 aliphatic heterocycles. The molecule has 0 aliphatic rings. The van der Waals surface area contributed by atoms with Gasteiger partial charge < -0.3 is 0 Å². The maximum atomic E-state index is 14.0. The van der Waals surface area contributed by atoms with Crippen molar-refractivity contribution in [1.82, 2.24) is 14.5 Å². The number of imidazole rings is 1. The van der Waals surface area contributed by atoms with Gasteiger partial charge in [-0.3, -0.25) is 4.57 Å². The zero-order chi connectivity index (χ0) is 15.1. The fourth-order valence-corrected chi connectivity index (χ4v) is 2.34. The van der Waals surface area contributed by atoms with Crippen molar-refractivity contribution < 1.29 is 13.2 Å². The minimum absolute atomic E-state index is 0.0196. The number of benzene rings is 1. The van der Waals surface area contributed by atoms with Crippen molar-refractivity contribution in [3.63, 3.8) is 0 Å². The Morgan fingerprint density at radius 3 is 2.57 bits per heavy atom. The second kappa shape index (κ2) is 5.04. The van der Waals surface area contributed by atoms with Gasteiger partial charge in [0.1, 0.15) is 17.2 Å². The van der Waals surface area contributed by atoms with Gasteiger partial charge in [-0.25, -0.2) is 23.1 Å². The fraction of sp³-hybridized carbons (Fsp3) is 0.143. The molecule has 0 amide bonds. The van der Waals surface area contributed by atoms with Gasteiger partial charge in [0, 0.05) is 18.3 Å². The molecule has 3 nitrogen and oxygen atoms in total. The molecular weight excluding hydrogens is 303 g/mol. The number of hydrogen-bond donors (Lipinski definition) is 0. The van der Waals surface area contributed by atoms with Crippen LogP contribution < -0.4 is 0 Å². The molecule has 0 bridgehead atoms. The zero-order valence-corrected chi connectivity index (χ0v) is 11.6. The van der Waals surface area contributed by atoms with Crippen molar-refractivity contribution >= 4 is 22.8 Å². The Labute approximate surface area is 123 Å². The molecule has 0 saturated heterocycles. The van der Waals surface area contributed by atoms with Crippen LogP contribution in [0.3, 0.4) is 0 Å². The monoisotopic (exact) mass is 311 g/mol. The van der Waals surface area contributed by atoms with Crippen LogP contribution in [0.1, 0.15) is 11.4 Å². The number of nitrogens with zero attached hydrogens (tertiary/aromatic N) is 3. The number of aromatic nitrogens is 3. The van der Waals surface area contributed by atoms with Crippen LogP contribution in [-0.4, -0.2) is 14.5 Å². The molecule has 0 unspecified atom stereocenters. The first-order valence-electron chi connectivity index (χ1n) is 6.06. The number of aryl methyl sites for hydroxylation is 1. The van der Waals surface area contributed by atoms with Crippen LogP contribution >= 0.6 is 11.6 Å². The van der Waals surface area contributed by atoms with Crippen LogP contribution in [-0.2, 0) is 5.88 Å². The van der Waals surface area contributed by atoms with Gasteiger partial charge >= 0.3 is 0 Å². The third-order valence-electron chi connectivity index (χ3n) is 3.17. The molecule has 0 radical (unpaired) electrons. The van der Waals surface area contributed by atoms with Crippen molar-refractivity contribution in [3.8, 4) is 5.69 Å². The first-order valence-corrected chi connectivity index (χ1v) is 6.60. The zero-order valence-electron chi connectivity index (χ0n) is 10.9. The molecule has 2 aromatic heterocycles. The summed E-state index contributed by atoms with van der Waals surface area (Å²) >= 11 is 5.83. The van der Waals surface area contributed by atoms with Crippen molar-refractivity contribution in [1.29, 1.82) is 0 Å². The minimum Gasteiger partial charge on any atom is -0.277 e. The lowest BCUT2D eigenvalue weighted by molar-refractivity contribution is 0.493. The number of pyridine rings is 1. The molecule has 0 fully saturated rings. The van der Waals surface area contributed by atoms with Crippen LogP contribution in [0.5, 0.6) is 0 Å². The van der Waals surface area contributed by atoms with Gasteiger partial charge in [-0.1, -0.05) is 0 Å². The van der Waals surface area contributed by atoms with E-state index < -0.39 is 17.5 Å². The lowest BCUT2D eigenvalue weighted by Gasteiger charge is -2.09. The minimum atomic E-state index is -1.25. The van der Waals surface area contributed by atoms with Crippen molar-refractivity contribution in [2.45, 2.75) is 12.8 Å². The summed E-state index contributed by atoms with van der Waals surface area (Å²) in [5.74, 6) is -3.03. The Morgan fingerprint density at radius 1 is 1.14 bits per heavy atom. The topological polar surface area (TPSA) is 30.7 Å². The quantitative estimate of drug-likeness (QED) is 0.531. The van der Waals surface area contributed by atoms with E-state index in [0.717, 1.165) is 11.6 Å². The van der Waals surface area contributed by atoms with E-state index in [0.29, 0.717) is 23.1 Å². The Morgan fingerprint density at radius 2 is 1.86 bits per heavy atom. The van der Waals surface area contributed by atoms with Gasteiger partial charge in [0.2, 0.25) is 0 Å². The Balaban J connectivity index is 2.39. The molecule has 0 saturated carbocycles. The molecule has 7 heteroatoms. The van der Waals surface area contributed by atoms with Crippen LogP contribution in [0.4, 0.5) is 13.2 Å². The maximum absolute atomic E-state index is 14.0. The molecule has 0 N–H and O–H groups in total. The SMILES string of the molecule is Cc1ccnc2c1nc(CCl)n2-c1cc(F)c(F)cc1F. The largest absolute Gasteiger partial charge is 0.277 e. The summed E-state index contributed by atoms with van der Waals surface area (Å²) in [6.45, 7) is 1.82. The standard InChI is InChI=1S/C14H9ClF3N3/c1-7-2-3-19-14-13(7)20-12(6-15)21(14)11-5-9(17)8(16)4-10(11)18/h2-5H,6H2,1H3. The highest BCUT2D eigenvalue weighted by Crippen LogP contribution is 2.26. The van der Waals surface area contributed by atoms with Gasteiger partial charge in [-0.15, -0.1) is 11.6 Å². The maximum Gasteiger partial charge on any atom is 0.165 e. The summed E-state index contributed by atoms with van der Waals surface area (Å²) < 4.78 is 41.8. The molecule has 3 rings (SSSR count). The summed E-state index contributed by atoms with van der Waals surface area (Å²) in [7, 11) is 0. The third kappa shape index (κ3) is 2.15. The predicted molar refractivity (Wildman–Crippen MR) is 73.0 cm³/mol. The number of alkyl halides is 1. The van der Waals surface area contributed by atoms with Crippen LogP contribution in [0, 0.1) is 24.4 Å². The summed E-state index contributed by atoms with van der Waals surface area (Å²) in [6, 6.07) is 3.01. The van der Waals surface area contributed by atoms with E-state index in [1.807, 2.05) is 6.92 Å². The number of halogens is 4. The smallest absolute Gasteiger partial charge is 0.165 e. The highest BCUT2D eigenvalue weighted by molar-refractivity contribution is 6.17. The first kappa shape index (κ1) is 13.9. The fourth-order valence-electron chi connectivity index (χ4n) is 2.17. The lowest BCUT2D eigenvalue weighted by Crippen LogP contribution is -2.05. The van der Waals surface area contributed by atoms with Gasteiger partial charge in [-0.05, 0) is 18.6 Å².